The van der Waals surface area contributed by atoms with Gasteiger partial charge in [0.05, 0.1) is 13.7 Å². The minimum Gasteiger partial charge on any atom is -0.362 e. The Balaban J connectivity index is 2.08. The third-order valence-corrected chi connectivity index (χ3v) is 2.55. The van der Waals surface area contributed by atoms with E-state index in [1.54, 1.807) is 4.90 Å². The Hall–Kier alpha value is -0.860. The Labute approximate surface area is 79.1 Å². The van der Waals surface area contributed by atoms with Crippen LogP contribution in [0.15, 0.2) is 30.3 Å². The van der Waals surface area contributed by atoms with Gasteiger partial charge in [0.1, 0.15) is 19.2 Å². The Bertz CT molecular complexity index is 260. The van der Waals surface area contributed by atoms with Gasteiger partial charge in [-0.15, -0.1) is 0 Å². The van der Waals surface area contributed by atoms with E-state index >= 15 is 0 Å². The zero-order valence-corrected chi connectivity index (χ0v) is 7.99. The second kappa shape index (κ2) is 3.90. The minimum atomic E-state index is 0.301. The predicted octanol–water partition coefficient (Wildman–Crippen LogP) is 0.273. The molecule has 1 heterocycles. The molecule has 0 bridgehead atoms. The summed E-state index contributed by atoms with van der Waals surface area (Å²) in [5.41, 5.74) is 1.31. The molecular weight excluding hydrogens is 162 g/mol. The maximum absolute atomic E-state index is 5.71. The van der Waals surface area contributed by atoms with Crippen LogP contribution in [0.25, 0.3) is 0 Å². The number of rotatable bonds is 1. The van der Waals surface area contributed by atoms with Gasteiger partial charge in [-0.2, -0.15) is 0 Å². The van der Waals surface area contributed by atoms with Crippen molar-refractivity contribution in [2.45, 2.75) is 6.10 Å². The Kier molecular flexibility index (Phi) is 2.62. The van der Waals surface area contributed by atoms with Gasteiger partial charge in [-0.3, -0.25) is 0 Å². The van der Waals surface area contributed by atoms with Crippen molar-refractivity contribution in [3.8, 4) is 0 Å². The fraction of sp³-hybridized carbons (Fsp3) is 0.455. The minimum absolute atomic E-state index is 0.301. The largest absolute Gasteiger partial charge is 0.362 e. The van der Waals surface area contributed by atoms with Crippen LogP contribution in [-0.4, -0.2) is 26.7 Å². The van der Waals surface area contributed by atoms with E-state index in [9.17, 15) is 0 Å². The maximum Gasteiger partial charge on any atom is 0.132 e. The Morgan fingerprint density at radius 1 is 1.31 bits per heavy atom. The van der Waals surface area contributed by atoms with E-state index < -0.39 is 0 Å². The topological polar surface area (TPSA) is 13.7 Å². The monoisotopic (exact) mass is 178 g/mol. The number of morpholine rings is 1. The number of hydrogen-bond donors (Lipinski definition) is 1. The molecule has 2 rings (SSSR count). The predicted molar refractivity (Wildman–Crippen MR) is 51.8 cm³/mol. The van der Waals surface area contributed by atoms with Gasteiger partial charge in [0.15, 0.2) is 0 Å². The molecule has 0 spiro atoms. The average Bonchev–Trinajstić information content (AvgIpc) is 2.19. The van der Waals surface area contributed by atoms with E-state index in [1.165, 1.54) is 5.56 Å². The van der Waals surface area contributed by atoms with Gasteiger partial charge in [0.2, 0.25) is 0 Å². The molecule has 1 N–H and O–H groups in total. The molecule has 1 aromatic rings. The number of quaternary nitrogens is 1. The van der Waals surface area contributed by atoms with Gasteiger partial charge >= 0.3 is 0 Å². The number of benzene rings is 1. The van der Waals surface area contributed by atoms with Crippen LogP contribution < -0.4 is 4.90 Å². The van der Waals surface area contributed by atoms with Crippen LogP contribution in [0.5, 0.6) is 0 Å². The lowest BCUT2D eigenvalue weighted by molar-refractivity contribution is -0.893. The summed E-state index contributed by atoms with van der Waals surface area (Å²) in [6.45, 7) is 3.10. The molecule has 0 radical (unpaired) electrons. The van der Waals surface area contributed by atoms with Gasteiger partial charge in [-0.05, 0) is 5.56 Å². The van der Waals surface area contributed by atoms with Crippen molar-refractivity contribution in [3.63, 3.8) is 0 Å². The van der Waals surface area contributed by atoms with Crippen LogP contribution in [-0.2, 0) is 4.74 Å². The summed E-state index contributed by atoms with van der Waals surface area (Å²) in [6, 6.07) is 10.5. The van der Waals surface area contributed by atoms with Crippen LogP contribution in [0.2, 0.25) is 0 Å². The van der Waals surface area contributed by atoms with Gasteiger partial charge < -0.3 is 9.64 Å². The molecule has 0 aliphatic carbocycles. The molecule has 1 saturated heterocycles. The van der Waals surface area contributed by atoms with E-state index in [4.69, 9.17) is 4.74 Å². The summed E-state index contributed by atoms with van der Waals surface area (Å²) in [7, 11) is 2.22. The SMILES string of the molecule is C[NH+]1CCOC(c2ccccc2)C1. The van der Waals surface area contributed by atoms with E-state index in [1.807, 2.05) is 6.07 Å². The highest BCUT2D eigenvalue weighted by Crippen LogP contribution is 2.15. The molecular formula is C11H16NO+. The molecule has 1 fully saturated rings. The molecule has 2 unspecified atom stereocenters. The van der Waals surface area contributed by atoms with Gasteiger partial charge in [-0.25, -0.2) is 0 Å². The molecule has 13 heavy (non-hydrogen) atoms. The molecule has 0 aromatic heterocycles. The van der Waals surface area contributed by atoms with E-state index in [0.717, 1.165) is 19.7 Å². The third kappa shape index (κ3) is 2.08. The lowest BCUT2D eigenvalue weighted by Crippen LogP contribution is -3.11. The number of hydrogen-bond acceptors (Lipinski definition) is 1. The van der Waals surface area contributed by atoms with Crippen LogP contribution >= 0.6 is 0 Å². The quantitative estimate of drug-likeness (QED) is 0.652. The third-order valence-electron chi connectivity index (χ3n) is 2.55. The van der Waals surface area contributed by atoms with E-state index in [-0.39, 0.29) is 0 Å². The first-order chi connectivity index (χ1) is 6.36. The lowest BCUT2D eigenvalue weighted by atomic mass is 10.1. The van der Waals surface area contributed by atoms with Crippen LogP contribution in [0.4, 0.5) is 0 Å². The van der Waals surface area contributed by atoms with Gasteiger partial charge in [0.25, 0.3) is 0 Å². The molecule has 70 valence electrons. The zero-order chi connectivity index (χ0) is 9.10. The van der Waals surface area contributed by atoms with Crippen molar-refractivity contribution in [2.24, 2.45) is 0 Å². The summed E-state index contributed by atoms with van der Waals surface area (Å²) >= 11 is 0. The highest BCUT2D eigenvalue weighted by Gasteiger charge is 2.21. The Morgan fingerprint density at radius 3 is 2.77 bits per heavy atom. The molecule has 2 heteroatoms. The second-order valence-corrected chi connectivity index (χ2v) is 3.68. The zero-order valence-electron chi connectivity index (χ0n) is 7.99. The Morgan fingerprint density at radius 2 is 2.08 bits per heavy atom. The molecule has 0 amide bonds. The van der Waals surface area contributed by atoms with E-state index in [0.29, 0.717) is 6.10 Å². The smallest absolute Gasteiger partial charge is 0.132 e. The number of ether oxygens (including phenoxy) is 1. The van der Waals surface area contributed by atoms with Crippen LogP contribution in [0.1, 0.15) is 11.7 Å². The van der Waals surface area contributed by atoms with Crippen molar-refractivity contribution >= 4 is 0 Å². The molecule has 2 nitrogen and oxygen atoms in total. The van der Waals surface area contributed by atoms with Crippen LogP contribution in [0.3, 0.4) is 0 Å². The molecule has 1 aliphatic heterocycles. The summed E-state index contributed by atoms with van der Waals surface area (Å²) in [5.74, 6) is 0. The van der Waals surface area contributed by atoms with E-state index in [2.05, 4.69) is 31.3 Å². The van der Waals surface area contributed by atoms with Crippen molar-refractivity contribution in [1.29, 1.82) is 0 Å². The molecule has 2 atom stereocenters. The first-order valence-corrected chi connectivity index (χ1v) is 4.84. The highest BCUT2D eigenvalue weighted by molar-refractivity contribution is 5.17. The first-order valence-electron chi connectivity index (χ1n) is 4.84. The van der Waals surface area contributed by atoms with Gasteiger partial charge in [-0.1, -0.05) is 30.3 Å². The highest BCUT2D eigenvalue weighted by atomic mass is 16.5. The fourth-order valence-corrected chi connectivity index (χ4v) is 1.73. The molecule has 0 saturated carbocycles. The summed E-state index contributed by atoms with van der Waals surface area (Å²) in [6.07, 6.45) is 0.301. The first kappa shape index (κ1) is 8.73. The molecule has 1 aliphatic rings. The average molecular weight is 178 g/mol. The maximum atomic E-state index is 5.71. The van der Waals surface area contributed by atoms with Crippen molar-refractivity contribution in [2.75, 3.05) is 26.7 Å². The summed E-state index contributed by atoms with van der Waals surface area (Å²) < 4.78 is 5.71. The molecule has 1 aromatic carbocycles. The number of nitrogens with one attached hydrogen (secondary N) is 1. The number of likely N-dealkylation sites (N-methyl/N-ethyl adjacent to an activating group) is 1. The standard InChI is InChI=1S/C11H15NO/c1-12-7-8-13-11(9-12)10-5-3-2-4-6-10/h2-6,11H,7-9H2,1H3/p+1. The second-order valence-electron chi connectivity index (χ2n) is 3.68. The normalized spacial score (nSPS) is 28.7. The van der Waals surface area contributed by atoms with Gasteiger partial charge in [0, 0.05) is 0 Å². The fourth-order valence-electron chi connectivity index (χ4n) is 1.73. The van der Waals surface area contributed by atoms with Crippen molar-refractivity contribution < 1.29 is 9.64 Å². The summed E-state index contributed by atoms with van der Waals surface area (Å²) in [4.78, 5) is 1.56. The van der Waals surface area contributed by atoms with Crippen molar-refractivity contribution in [3.05, 3.63) is 35.9 Å². The van der Waals surface area contributed by atoms with Crippen LogP contribution in [0, 0.1) is 0 Å². The summed E-state index contributed by atoms with van der Waals surface area (Å²) in [5, 5.41) is 0. The van der Waals surface area contributed by atoms with Crippen molar-refractivity contribution in [1.82, 2.24) is 0 Å². The lowest BCUT2D eigenvalue weighted by Gasteiger charge is -2.27.